The lowest BCUT2D eigenvalue weighted by molar-refractivity contribution is 0.0600. The Morgan fingerprint density at radius 1 is 0.854 bits per heavy atom. The lowest BCUT2D eigenvalue weighted by Crippen LogP contribution is -2.49. The third kappa shape index (κ3) is 6.61. The lowest BCUT2D eigenvalue weighted by atomic mass is 9.98. The first kappa shape index (κ1) is 32.3. The maximum absolute atomic E-state index is 14.6. The molecule has 1 atom stereocenters. The molecule has 6 rings (SSSR count). The van der Waals surface area contributed by atoms with Gasteiger partial charge in [0, 0.05) is 17.9 Å². The largest absolute Gasteiger partial charge is 0.494 e. The average Bonchev–Trinajstić information content (AvgIpc) is 3.10. The SMILES string of the molecule is CCOc1ccc(NS(=O)(=O)c2ccc3c(c2)C(=O)N(c2ccc(C)cc2)[C@H](c2ccc(C(=O)OC)cc2)N3Cc2ccccc2)cc1. The molecule has 0 saturated heterocycles. The first-order chi connectivity index (χ1) is 23.2. The molecule has 0 aromatic heterocycles. The molecule has 48 heavy (non-hydrogen) atoms. The summed E-state index contributed by atoms with van der Waals surface area (Å²) in [5.74, 6) is -0.196. The summed E-state index contributed by atoms with van der Waals surface area (Å²) in [4.78, 5) is 30.6. The van der Waals surface area contributed by atoms with Crippen molar-refractivity contribution in [1.82, 2.24) is 0 Å². The zero-order chi connectivity index (χ0) is 33.8. The van der Waals surface area contributed by atoms with Crippen LogP contribution in [0.5, 0.6) is 5.75 Å². The number of nitrogens with one attached hydrogen (secondary N) is 1. The van der Waals surface area contributed by atoms with Gasteiger partial charge in [-0.05, 0) is 91.7 Å². The van der Waals surface area contributed by atoms with Gasteiger partial charge in [0.15, 0.2) is 0 Å². The van der Waals surface area contributed by atoms with Crippen LogP contribution in [0.25, 0.3) is 0 Å². The van der Waals surface area contributed by atoms with E-state index in [0.717, 1.165) is 16.7 Å². The van der Waals surface area contributed by atoms with E-state index in [-0.39, 0.29) is 16.4 Å². The number of methoxy groups -OCH3 is 1. The summed E-state index contributed by atoms with van der Waals surface area (Å²) in [5.41, 5.74) is 4.98. The molecular weight excluding hydrogens is 627 g/mol. The van der Waals surface area contributed by atoms with Gasteiger partial charge in [-0.25, -0.2) is 13.2 Å². The fourth-order valence-corrected chi connectivity index (χ4v) is 6.85. The molecule has 0 radical (unpaired) electrons. The number of aryl methyl sites for hydroxylation is 1. The molecule has 1 heterocycles. The molecule has 5 aromatic carbocycles. The Morgan fingerprint density at radius 2 is 1.54 bits per heavy atom. The number of hydrogen-bond acceptors (Lipinski definition) is 7. The van der Waals surface area contributed by atoms with Crippen molar-refractivity contribution in [2.45, 2.75) is 31.5 Å². The molecule has 1 N–H and O–H groups in total. The second-order valence-electron chi connectivity index (χ2n) is 11.4. The van der Waals surface area contributed by atoms with E-state index in [1.807, 2.05) is 80.6 Å². The second kappa shape index (κ2) is 13.6. The van der Waals surface area contributed by atoms with Crippen LogP contribution >= 0.6 is 0 Å². The van der Waals surface area contributed by atoms with Crippen LogP contribution in [-0.2, 0) is 21.3 Å². The van der Waals surface area contributed by atoms with Crippen LogP contribution in [-0.4, -0.2) is 34.0 Å². The van der Waals surface area contributed by atoms with Gasteiger partial charge in [-0.1, -0.05) is 60.2 Å². The highest BCUT2D eigenvalue weighted by molar-refractivity contribution is 7.92. The van der Waals surface area contributed by atoms with Gasteiger partial charge in [-0.2, -0.15) is 0 Å². The molecule has 244 valence electrons. The van der Waals surface area contributed by atoms with Gasteiger partial charge in [0.2, 0.25) is 0 Å². The van der Waals surface area contributed by atoms with E-state index in [1.54, 1.807) is 47.4 Å². The number of benzene rings is 5. The molecule has 0 bridgehead atoms. The van der Waals surface area contributed by atoms with Gasteiger partial charge >= 0.3 is 5.97 Å². The van der Waals surface area contributed by atoms with E-state index >= 15 is 0 Å². The first-order valence-electron chi connectivity index (χ1n) is 15.5. The number of carbonyl (C=O) groups excluding carboxylic acids is 2. The fourth-order valence-electron chi connectivity index (χ4n) is 5.77. The zero-order valence-electron chi connectivity index (χ0n) is 26.8. The highest BCUT2D eigenvalue weighted by Gasteiger charge is 2.40. The molecule has 1 aliphatic heterocycles. The van der Waals surface area contributed by atoms with Crippen LogP contribution in [0.3, 0.4) is 0 Å². The highest BCUT2D eigenvalue weighted by Crippen LogP contribution is 2.43. The number of carbonyl (C=O) groups is 2. The number of fused-ring (bicyclic) bond motifs is 1. The van der Waals surface area contributed by atoms with Gasteiger partial charge in [0.25, 0.3) is 15.9 Å². The Balaban J connectivity index is 1.48. The first-order valence-corrected chi connectivity index (χ1v) is 17.0. The van der Waals surface area contributed by atoms with Crippen molar-refractivity contribution in [3.8, 4) is 5.75 Å². The minimum Gasteiger partial charge on any atom is -0.494 e. The molecule has 0 unspecified atom stereocenters. The molecule has 0 aliphatic carbocycles. The smallest absolute Gasteiger partial charge is 0.337 e. The third-order valence-corrected chi connectivity index (χ3v) is 9.51. The molecule has 0 fully saturated rings. The van der Waals surface area contributed by atoms with Crippen LogP contribution in [0.2, 0.25) is 0 Å². The Labute approximate surface area is 280 Å². The molecule has 0 spiro atoms. The van der Waals surface area contributed by atoms with Crippen LogP contribution in [0.1, 0.15) is 50.5 Å². The summed E-state index contributed by atoms with van der Waals surface area (Å²) in [6.45, 7) is 4.74. The minimum atomic E-state index is -4.06. The van der Waals surface area contributed by atoms with Crippen molar-refractivity contribution < 1.29 is 27.5 Å². The Kier molecular flexibility index (Phi) is 9.18. The van der Waals surface area contributed by atoms with E-state index in [4.69, 9.17) is 9.47 Å². The summed E-state index contributed by atoms with van der Waals surface area (Å²) in [6.07, 6.45) is -0.635. The number of anilines is 3. The van der Waals surface area contributed by atoms with Crippen molar-refractivity contribution in [2.75, 3.05) is 28.2 Å². The van der Waals surface area contributed by atoms with Gasteiger partial charge in [-0.15, -0.1) is 0 Å². The van der Waals surface area contributed by atoms with Gasteiger partial charge < -0.3 is 14.4 Å². The van der Waals surface area contributed by atoms with Crippen molar-refractivity contribution in [1.29, 1.82) is 0 Å². The standard InChI is InChI=1S/C38H35N3O6S/c1-4-47-32-20-16-30(17-21-32)39-48(44,45)33-22-23-35-34(24-33)37(42)41(31-18-10-26(2)11-19-31)36(40(35)25-27-8-6-5-7-9-27)28-12-14-29(15-13-28)38(43)46-3/h5-24,36,39H,4,25H2,1-3H3/t36-/m1/s1. The van der Waals surface area contributed by atoms with Crippen LogP contribution in [0.4, 0.5) is 17.1 Å². The molecule has 9 nitrogen and oxygen atoms in total. The van der Waals surface area contributed by atoms with Crippen LogP contribution < -0.4 is 19.3 Å². The molecular formula is C38H35N3O6S. The second-order valence-corrected chi connectivity index (χ2v) is 13.0. The van der Waals surface area contributed by atoms with E-state index < -0.39 is 22.2 Å². The van der Waals surface area contributed by atoms with E-state index in [9.17, 15) is 18.0 Å². The summed E-state index contributed by atoms with van der Waals surface area (Å²) < 4.78 is 40.3. The number of esters is 1. The number of nitrogens with zero attached hydrogens (tertiary/aromatic N) is 2. The summed E-state index contributed by atoms with van der Waals surface area (Å²) >= 11 is 0. The topological polar surface area (TPSA) is 105 Å². The van der Waals surface area contributed by atoms with Gasteiger partial charge in [0.05, 0.1) is 35.4 Å². The Hall–Kier alpha value is -5.61. The minimum absolute atomic E-state index is 0.0483. The van der Waals surface area contributed by atoms with Gasteiger partial charge in [-0.3, -0.25) is 14.4 Å². The molecule has 0 saturated carbocycles. The van der Waals surface area contributed by atoms with Crippen LogP contribution in [0, 0.1) is 6.92 Å². The predicted molar refractivity (Wildman–Crippen MR) is 186 cm³/mol. The van der Waals surface area contributed by atoms with Crippen LogP contribution in [0.15, 0.2) is 126 Å². The maximum Gasteiger partial charge on any atom is 0.337 e. The van der Waals surface area contributed by atoms with Gasteiger partial charge in [0.1, 0.15) is 11.9 Å². The van der Waals surface area contributed by atoms with Crippen molar-refractivity contribution in [3.05, 3.63) is 149 Å². The maximum atomic E-state index is 14.6. The molecule has 10 heteroatoms. The highest BCUT2D eigenvalue weighted by atomic mass is 32.2. The van der Waals surface area contributed by atoms with E-state index in [0.29, 0.717) is 41.5 Å². The van der Waals surface area contributed by atoms with Crippen molar-refractivity contribution in [2.24, 2.45) is 0 Å². The fraction of sp³-hybridized carbons (Fsp3) is 0.158. The monoisotopic (exact) mass is 661 g/mol. The molecule has 1 amide bonds. The molecule has 5 aromatic rings. The summed E-state index contributed by atoms with van der Waals surface area (Å²) in [6, 6.07) is 35.7. The normalized spacial score (nSPS) is 14.3. The number of ether oxygens (including phenoxy) is 2. The summed E-state index contributed by atoms with van der Waals surface area (Å²) in [5, 5.41) is 0. The van der Waals surface area contributed by atoms with E-state index in [2.05, 4.69) is 9.62 Å². The third-order valence-electron chi connectivity index (χ3n) is 8.13. The number of sulfonamides is 1. The summed E-state index contributed by atoms with van der Waals surface area (Å²) in [7, 11) is -2.74. The number of hydrogen-bond donors (Lipinski definition) is 1. The van der Waals surface area contributed by atoms with Crippen molar-refractivity contribution in [3.63, 3.8) is 0 Å². The Bertz CT molecular complexity index is 2030. The predicted octanol–water partition coefficient (Wildman–Crippen LogP) is 7.35. The number of rotatable bonds is 10. The van der Waals surface area contributed by atoms with E-state index in [1.165, 1.54) is 19.2 Å². The van der Waals surface area contributed by atoms with Crippen molar-refractivity contribution >= 4 is 39.0 Å². The lowest BCUT2D eigenvalue weighted by Gasteiger charge is -2.46. The Morgan fingerprint density at radius 3 is 2.19 bits per heavy atom. The quantitative estimate of drug-likeness (QED) is 0.156. The average molecular weight is 662 g/mol. The number of amides is 1. The molecule has 1 aliphatic rings. The zero-order valence-corrected chi connectivity index (χ0v) is 27.6.